The van der Waals surface area contributed by atoms with Crippen molar-refractivity contribution in [2.24, 2.45) is 5.73 Å². The van der Waals surface area contributed by atoms with Gasteiger partial charge in [0.2, 0.25) is 0 Å². The summed E-state index contributed by atoms with van der Waals surface area (Å²) in [5.41, 5.74) is 6.93. The van der Waals surface area contributed by atoms with Crippen LogP contribution in [0.1, 0.15) is 12.5 Å². The van der Waals surface area contributed by atoms with Crippen LogP contribution in [-0.2, 0) is 20.1 Å². The third kappa shape index (κ3) is 4.83. The van der Waals surface area contributed by atoms with E-state index < -0.39 is 25.5 Å². The first-order chi connectivity index (χ1) is 9.99. The summed E-state index contributed by atoms with van der Waals surface area (Å²) < 4.78 is 56.1. The van der Waals surface area contributed by atoms with Crippen molar-refractivity contribution in [2.75, 3.05) is 29.0 Å². The lowest BCUT2D eigenvalue weighted by molar-refractivity contribution is 0.489. The molecule has 1 aromatic carbocycles. The van der Waals surface area contributed by atoms with Crippen molar-refractivity contribution in [2.45, 2.75) is 19.2 Å². The Hall–Kier alpha value is -1.36. The number of rotatable bonds is 7. The third-order valence-corrected chi connectivity index (χ3v) is 5.08. The van der Waals surface area contributed by atoms with Gasteiger partial charge in [0, 0.05) is 25.0 Å². The zero-order valence-electron chi connectivity index (χ0n) is 12.6. The highest BCUT2D eigenvalue weighted by Gasteiger charge is 2.26. The van der Waals surface area contributed by atoms with Crippen molar-refractivity contribution in [1.29, 1.82) is 0 Å². The summed E-state index contributed by atoms with van der Waals surface area (Å²) in [5.74, 6) is 0. The predicted octanol–water partition coefficient (Wildman–Crippen LogP) is 0.365. The maximum absolute atomic E-state index is 11.8. The molecule has 1 aromatic rings. The smallest absolute Gasteiger partial charge is 0.354 e. The van der Waals surface area contributed by atoms with Gasteiger partial charge in [-0.05, 0) is 37.6 Å². The van der Waals surface area contributed by atoms with E-state index >= 15 is 0 Å². The van der Waals surface area contributed by atoms with Gasteiger partial charge in [0.15, 0.2) is 9.84 Å². The highest BCUT2D eigenvalue weighted by atomic mass is 32.2. The summed E-state index contributed by atoms with van der Waals surface area (Å²) >= 11 is 0. The number of nitrogens with one attached hydrogen (secondary N) is 1. The average molecular weight is 351 g/mol. The molecule has 8 nitrogen and oxygen atoms in total. The first-order valence-corrected chi connectivity index (χ1v) is 9.90. The lowest BCUT2D eigenvalue weighted by atomic mass is 10.1. The molecule has 22 heavy (non-hydrogen) atoms. The van der Waals surface area contributed by atoms with E-state index in [0.717, 1.165) is 6.26 Å². The number of aryl methyl sites for hydroxylation is 1. The molecule has 126 valence electrons. The first-order valence-electron chi connectivity index (χ1n) is 6.51. The highest BCUT2D eigenvalue weighted by molar-refractivity contribution is 7.91. The summed E-state index contributed by atoms with van der Waals surface area (Å²) in [4.78, 5) is 1.62. The topological polar surface area (TPSA) is 130 Å². The van der Waals surface area contributed by atoms with Gasteiger partial charge in [-0.2, -0.15) is 8.42 Å². The maximum Gasteiger partial charge on any atom is 0.357 e. The second-order valence-corrected chi connectivity index (χ2v) is 8.24. The molecule has 0 bridgehead atoms. The molecule has 0 aliphatic carbocycles. The molecule has 10 heteroatoms. The van der Waals surface area contributed by atoms with E-state index in [1.807, 2.05) is 4.72 Å². The zero-order valence-corrected chi connectivity index (χ0v) is 14.3. The van der Waals surface area contributed by atoms with E-state index in [4.69, 9.17) is 10.3 Å². The van der Waals surface area contributed by atoms with Crippen molar-refractivity contribution < 1.29 is 21.4 Å². The van der Waals surface area contributed by atoms with Gasteiger partial charge >= 0.3 is 10.3 Å². The SMILES string of the molecule is CCN(c1ccc(NS(=O)(=O)O)c(C)c1)C(CN)S(C)(=O)=O. The van der Waals surface area contributed by atoms with Gasteiger partial charge < -0.3 is 10.6 Å². The fourth-order valence-electron chi connectivity index (χ4n) is 2.17. The van der Waals surface area contributed by atoms with Gasteiger partial charge in [-0.15, -0.1) is 0 Å². The molecule has 0 radical (unpaired) electrons. The van der Waals surface area contributed by atoms with Crippen LogP contribution in [0.4, 0.5) is 11.4 Å². The van der Waals surface area contributed by atoms with Crippen LogP contribution in [0.3, 0.4) is 0 Å². The number of likely N-dealkylation sites (N-methyl/N-ethyl adjacent to an activating group) is 1. The van der Waals surface area contributed by atoms with Gasteiger partial charge in [-0.3, -0.25) is 9.27 Å². The second kappa shape index (κ2) is 6.82. The summed E-state index contributed by atoms with van der Waals surface area (Å²) in [5, 5.41) is -0.864. The minimum atomic E-state index is -4.36. The normalized spacial score (nSPS) is 13.7. The van der Waals surface area contributed by atoms with Crippen LogP contribution in [0, 0.1) is 6.92 Å². The van der Waals surface area contributed by atoms with E-state index in [1.165, 1.54) is 6.07 Å². The Kier molecular flexibility index (Phi) is 5.79. The molecule has 0 amide bonds. The average Bonchev–Trinajstić information content (AvgIpc) is 2.35. The van der Waals surface area contributed by atoms with Crippen LogP contribution in [0.5, 0.6) is 0 Å². The molecule has 0 heterocycles. The monoisotopic (exact) mass is 351 g/mol. The largest absolute Gasteiger partial charge is 0.357 e. The van der Waals surface area contributed by atoms with Gasteiger partial charge in [0.25, 0.3) is 0 Å². The third-order valence-electron chi connectivity index (χ3n) is 3.16. The van der Waals surface area contributed by atoms with Crippen LogP contribution in [0.2, 0.25) is 0 Å². The molecular weight excluding hydrogens is 330 g/mol. The van der Waals surface area contributed by atoms with Crippen molar-refractivity contribution in [3.63, 3.8) is 0 Å². The fourth-order valence-corrected chi connectivity index (χ4v) is 3.76. The number of anilines is 2. The Bertz CT molecular complexity index is 731. The molecule has 4 N–H and O–H groups in total. The number of sulfone groups is 1. The van der Waals surface area contributed by atoms with Gasteiger partial charge in [0.1, 0.15) is 5.37 Å². The number of hydrogen-bond acceptors (Lipinski definition) is 6. The van der Waals surface area contributed by atoms with Crippen LogP contribution >= 0.6 is 0 Å². The summed E-state index contributed by atoms with van der Waals surface area (Å²) in [6, 6.07) is 4.65. The lowest BCUT2D eigenvalue weighted by Crippen LogP contribution is -2.45. The Morgan fingerprint density at radius 2 is 1.91 bits per heavy atom. The van der Waals surface area contributed by atoms with E-state index in [0.29, 0.717) is 17.8 Å². The van der Waals surface area contributed by atoms with Crippen LogP contribution in [0.15, 0.2) is 18.2 Å². The number of hydrogen-bond donors (Lipinski definition) is 3. The minimum Gasteiger partial charge on any atom is -0.354 e. The van der Waals surface area contributed by atoms with E-state index in [9.17, 15) is 16.8 Å². The van der Waals surface area contributed by atoms with Gasteiger partial charge in [-0.25, -0.2) is 8.42 Å². The molecule has 1 atom stereocenters. The Labute approximate surface area is 131 Å². The molecule has 1 rings (SSSR count). The zero-order chi connectivity index (χ0) is 17.1. The van der Waals surface area contributed by atoms with Crippen molar-refractivity contribution in [1.82, 2.24) is 0 Å². The molecule has 0 aromatic heterocycles. The summed E-state index contributed by atoms with van der Waals surface area (Å²) in [7, 11) is -7.74. The van der Waals surface area contributed by atoms with Crippen molar-refractivity contribution in [3.8, 4) is 0 Å². The van der Waals surface area contributed by atoms with Crippen LogP contribution in [0.25, 0.3) is 0 Å². The quantitative estimate of drug-likeness (QED) is 0.605. The van der Waals surface area contributed by atoms with Gasteiger partial charge in [-0.1, -0.05) is 0 Å². The second-order valence-electron chi connectivity index (χ2n) is 4.88. The Morgan fingerprint density at radius 1 is 1.32 bits per heavy atom. The minimum absolute atomic E-state index is 0.0588. The van der Waals surface area contributed by atoms with Crippen LogP contribution in [-0.4, -0.2) is 46.1 Å². The molecule has 0 spiro atoms. The molecule has 0 aliphatic heterocycles. The molecular formula is C12H21N3O5S2. The van der Waals surface area contributed by atoms with Crippen molar-refractivity contribution >= 4 is 31.5 Å². The van der Waals surface area contributed by atoms with Crippen LogP contribution < -0.4 is 15.4 Å². The van der Waals surface area contributed by atoms with Crippen molar-refractivity contribution in [3.05, 3.63) is 23.8 Å². The van der Waals surface area contributed by atoms with E-state index in [2.05, 4.69) is 0 Å². The standard InChI is InChI=1S/C12H21N3O5S2/c1-4-15(12(8-13)21(3,16)17)10-5-6-11(9(2)7-10)14-22(18,19)20/h5-7,12,14H,4,8,13H2,1-3H3,(H,18,19,20). The molecule has 0 saturated carbocycles. The lowest BCUT2D eigenvalue weighted by Gasteiger charge is -2.31. The fraction of sp³-hybridized carbons (Fsp3) is 0.500. The summed E-state index contributed by atoms with van der Waals surface area (Å²) in [6.07, 6.45) is 1.12. The predicted molar refractivity (Wildman–Crippen MR) is 87.1 cm³/mol. The Balaban J connectivity index is 3.23. The molecule has 0 saturated heterocycles. The highest BCUT2D eigenvalue weighted by Crippen LogP contribution is 2.25. The van der Waals surface area contributed by atoms with Gasteiger partial charge in [0.05, 0.1) is 5.69 Å². The summed E-state index contributed by atoms with van der Waals surface area (Å²) in [6.45, 7) is 3.80. The maximum atomic E-state index is 11.8. The van der Waals surface area contributed by atoms with E-state index in [-0.39, 0.29) is 12.2 Å². The molecule has 0 aliphatic rings. The molecule has 0 fully saturated rings. The number of nitrogens with zero attached hydrogens (tertiary/aromatic N) is 1. The Morgan fingerprint density at radius 3 is 2.27 bits per heavy atom. The first kappa shape index (κ1) is 18.7. The number of benzene rings is 1. The molecule has 1 unspecified atom stereocenters. The number of nitrogens with two attached hydrogens (primary N) is 1. The van der Waals surface area contributed by atoms with E-state index in [1.54, 1.807) is 30.9 Å².